The predicted molar refractivity (Wildman–Crippen MR) is 82.8 cm³/mol. The molecule has 122 valence electrons. The predicted octanol–water partition coefficient (Wildman–Crippen LogP) is 2.31. The van der Waals surface area contributed by atoms with E-state index in [4.69, 9.17) is 23.4 Å². The van der Waals surface area contributed by atoms with Gasteiger partial charge in [-0.1, -0.05) is 0 Å². The summed E-state index contributed by atoms with van der Waals surface area (Å²) in [5.74, 6) is 0. The minimum Gasteiger partial charge on any atom is -0.415 e. The number of hydrogen-bond donors (Lipinski definition) is 0. The van der Waals surface area contributed by atoms with Crippen LogP contribution in [-0.4, -0.2) is 67.3 Å². The Kier molecular flexibility index (Phi) is 12.7. The van der Waals surface area contributed by atoms with Crippen LogP contribution in [0.5, 0.6) is 0 Å². The molecule has 0 unspecified atom stereocenters. The SMILES string of the molecule is CC(C)OCCOCCOCCOCCO[Si](C)(C)C. The molecule has 0 aromatic carbocycles. The van der Waals surface area contributed by atoms with Crippen LogP contribution in [0.2, 0.25) is 19.6 Å². The van der Waals surface area contributed by atoms with Gasteiger partial charge in [0, 0.05) is 0 Å². The van der Waals surface area contributed by atoms with Crippen molar-refractivity contribution in [3.05, 3.63) is 0 Å². The molecule has 20 heavy (non-hydrogen) atoms. The minimum atomic E-state index is -1.40. The third-order valence-electron chi connectivity index (χ3n) is 2.19. The van der Waals surface area contributed by atoms with Gasteiger partial charge in [0.25, 0.3) is 0 Å². The molecule has 0 saturated carbocycles. The highest BCUT2D eigenvalue weighted by atomic mass is 28.4. The molecule has 0 aliphatic heterocycles. The summed E-state index contributed by atoms with van der Waals surface area (Å²) in [5, 5.41) is 0. The van der Waals surface area contributed by atoms with Crippen LogP contribution in [0.15, 0.2) is 0 Å². The van der Waals surface area contributed by atoms with Crippen molar-refractivity contribution in [1.82, 2.24) is 0 Å². The Morgan fingerprint density at radius 1 is 0.650 bits per heavy atom. The van der Waals surface area contributed by atoms with Gasteiger partial charge in [0.05, 0.1) is 59.0 Å². The fourth-order valence-electron chi connectivity index (χ4n) is 1.29. The van der Waals surface area contributed by atoms with Gasteiger partial charge in [-0.05, 0) is 33.5 Å². The molecule has 0 atom stereocenters. The lowest BCUT2D eigenvalue weighted by Crippen LogP contribution is -2.27. The monoisotopic (exact) mass is 308 g/mol. The quantitative estimate of drug-likeness (QED) is 0.364. The minimum absolute atomic E-state index is 0.261. The summed E-state index contributed by atoms with van der Waals surface area (Å²) in [6.07, 6.45) is 0.261. The van der Waals surface area contributed by atoms with E-state index in [1.165, 1.54) is 0 Å². The van der Waals surface area contributed by atoms with E-state index in [1.807, 2.05) is 13.8 Å². The van der Waals surface area contributed by atoms with E-state index >= 15 is 0 Å². The molecule has 6 heteroatoms. The maximum atomic E-state index is 5.67. The van der Waals surface area contributed by atoms with E-state index in [2.05, 4.69) is 19.6 Å². The molecule has 0 aliphatic rings. The molecule has 0 aromatic heterocycles. The summed E-state index contributed by atoms with van der Waals surface area (Å²) >= 11 is 0. The number of rotatable bonds is 14. The van der Waals surface area contributed by atoms with Gasteiger partial charge in [-0.2, -0.15) is 0 Å². The van der Waals surface area contributed by atoms with E-state index in [0.717, 1.165) is 0 Å². The van der Waals surface area contributed by atoms with Crippen molar-refractivity contribution in [2.24, 2.45) is 0 Å². The molecule has 5 nitrogen and oxygen atoms in total. The van der Waals surface area contributed by atoms with Crippen molar-refractivity contribution < 1.29 is 23.4 Å². The van der Waals surface area contributed by atoms with Gasteiger partial charge in [-0.3, -0.25) is 0 Å². The average molecular weight is 308 g/mol. The molecular weight excluding hydrogens is 276 g/mol. The van der Waals surface area contributed by atoms with Crippen LogP contribution < -0.4 is 0 Å². The smallest absolute Gasteiger partial charge is 0.183 e. The Morgan fingerprint density at radius 3 is 1.45 bits per heavy atom. The van der Waals surface area contributed by atoms with E-state index in [1.54, 1.807) is 0 Å². The highest BCUT2D eigenvalue weighted by molar-refractivity contribution is 6.69. The Balaban J connectivity index is 3.03. The summed E-state index contributed by atoms with van der Waals surface area (Å²) < 4.78 is 27.2. The summed E-state index contributed by atoms with van der Waals surface area (Å²) in [4.78, 5) is 0. The topological polar surface area (TPSA) is 46.2 Å². The zero-order valence-corrected chi connectivity index (χ0v) is 14.8. The Bertz CT molecular complexity index is 206. The van der Waals surface area contributed by atoms with Crippen molar-refractivity contribution in [3.63, 3.8) is 0 Å². The summed E-state index contributed by atoms with van der Waals surface area (Å²) in [6.45, 7) is 15.5. The molecule has 0 rings (SSSR count). The van der Waals surface area contributed by atoms with Crippen LogP contribution in [0.3, 0.4) is 0 Å². The fraction of sp³-hybridized carbons (Fsp3) is 1.00. The Morgan fingerprint density at radius 2 is 1.05 bits per heavy atom. The summed E-state index contributed by atoms with van der Waals surface area (Å²) in [5.41, 5.74) is 0. The van der Waals surface area contributed by atoms with Crippen LogP contribution in [0.25, 0.3) is 0 Å². The Labute approximate surface area is 125 Å². The van der Waals surface area contributed by atoms with Gasteiger partial charge in [-0.15, -0.1) is 0 Å². The van der Waals surface area contributed by atoms with Crippen molar-refractivity contribution in [3.8, 4) is 0 Å². The van der Waals surface area contributed by atoms with Gasteiger partial charge in [-0.25, -0.2) is 0 Å². The van der Waals surface area contributed by atoms with E-state index < -0.39 is 8.32 Å². The molecule has 0 aromatic rings. The highest BCUT2D eigenvalue weighted by Crippen LogP contribution is 2.01. The van der Waals surface area contributed by atoms with Crippen molar-refractivity contribution in [2.45, 2.75) is 39.6 Å². The van der Waals surface area contributed by atoms with Crippen molar-refractivity contribution in [2.75, 3.05) is 52.9 Å². The third kappa shape index (κ3) is 18.0. The zero-order valence-electron chi connectivity index (χ0n) is 13.8. The first-order valence-corrected chi connectivity index (χ1v) is 10.8. The maximum Gasteiger partial charge on any atom is 0.183 e. The van der Waals surface area contributed by atoms with Gasteiger partial charge < -0.3 is 23.4 Å². The lowest BCUT2D eigenvalue weighted by Gasteiger charge is -2.16. The van der Waals surface area contributed by atoms with Gasteiger partial charge >= 0.3 is 0 Å². The molecule has 0 heterocycles. The third-order valence-corrected chi connectivity index (χ3v) is 3.26. The molecule has 0 radical (unpaired) electrons. The first-order valence-electron chi connectivity index (χ1n) is 7.40. The first kappa shape index (κ1) is 20.0. The van der Waals surface area contributed by atoms with Crippen LogP contribution in [0, 0.1) is 0 Å². The van der Waals surface area contributed by atoms with E-state index in [0.29, 0.717) is 52.9 Å². The average Bonchev–Trinajstić information content (AvgIpc) is 2.33. The van der Waals surface area contributed by atoms with Gasteiger partial charge in [0.15, 0.2) is 8.32 Å². The first-order chi connectivity index (χ1) is 9.42. The zero-order chi connectivity index (χ0) is 15.3. The highest BCUT2D eigenvalue weighted by Gasteiger charge is 2.12. The van der Waals surface area contributed by atoms with Gasteiger partial charge in [0.2, 0.25) is 0 Å². The van der Waals surface area contributed by atoms with Crippen molar-refractivity contribution >= 4 is 8.32 Å². The second-order valence-corrected chi connectivity index (χ2v) is 10.2. The normalized spacial score (nSPS) is 12.3. The van der Waals surface area contributed by atoms with Gasteiger partial charge in [0.1, 0.15) is 0 Å². The molecule has 0 fully saturated rings. The van der Waals surface area contributed by atoms with E-state index in [9.17, 15) is 0 Å². The molecule has 0 spiro atoms. The molecule has 0 N–H and O–H groups in total. The summed E-state index contributed by atoms with van der Waals surface area (Å²) in [7, 11) is -1.40. The van der Waals surface area contributed by atoms with Crippen LogP contribution in [-0.2, 0) is 23.4 Å². The van der Waals surface area contributed by atoms with Crippen LogP contribution in [0.1, 0.15) is 13.8 Å². The second kappa shape index (κ2) is 12.7. The lowest BCUT2D eigenvalue weighted by molar-refractivity contribution is -0.0136. The maximum absolute atomic E-state index is 5.67. The Hall–Kier alpha value is 0.0169. The van der Waals surface area contributed by atoms with Crippen LogP contribution in [0.4, 0.5) is 0 Å². The standard InChI is InChI=1S/C14H32O5Si/c1-14(2)18-12-10-16-8-6-15-7-9-17-11-13-19-20(3,4)5/h14H,6-13H2,1-5H3. The molecule has 0 saturated heterocycles. The number of hydrogen-bond acceptors (Lipinski definition) is 5. The fourth-order valence-corrected chi connectivity index (χ4v) is 1.99. The molecular formula is C14H32O5Si. The summed E-state index contributed by atoms with van der Waals surface area (Å²) in [6, 6.07) is 0. The second-order valence-electron chi connectivity index (χ2n) is 5.72. The number of ether oxygens (including phenoxy) is 4. The van der Waals surface area contributed by atoms with Crippen LogP contribution >= 0.6 is 0 Å². The largest absolute Gasteiger partial charge is 0.415 e. The molecule has 0 bridgehead atoms. The molecule has 0 amide bonds. The molecule has 0 aliphatic carbocycles. The lowest BCUT2D eigenvalue weighted by atomic mass is 10.5. The van der Waals surface area contributed by atoms with E-state index in [-0.39, 0.29) is 6.10 Å². The van der Waals surface area contributed by atoms with Crippen molar-refractivity contribution in [1.29, 1.82) is 0 Å².